The van der Waals surface area contributed by atoms with E-state index in [9.17, 15) is 13.2 Å². The summed E-state index contributed by atoms with van der Waals surface area (Å²) in [6.45, 7) is 10.4. The van der Waals surface area contributed by atoms with Crippen LogP contribution in [0.25, 0.3) is 22.0 Å². The van der Waals surface area contributed by atoms with Gasteiger partial charge in [0.25, 0.3) is 10.0 Å². The van der Waals surface area contributed by atoms with Crippen LogP contribution in [0.1, 0.15) is 55.2 Å². The van der Waals surface area contributed by atoms with Crippen molar-refractivity contribution < 1.29 is 13.2 Å². The van der Waals surface area contributed by atoms with Gasteiger partial charge in [-0.3, -0.25) is 9.52 Å². The zero-order chi connectivity index (χ0) is 29.9. The second-order valence-corrected chi connectivity index (χ2v) is 13.3. The molecule has 2 N–H and O–H groups in total. The number of nitrogens with one attached hydrogen (secondary N) is 2. The highest BCUT2D eigenvalue weighted by atomic mass is 32.2. The quantitative estimate of drug-likeness (QED) is 0.129. The molecule has 1 aromatic heterocycles. The Morgan fingerprint density at radius 3 is 2.14 bits per heavy atom. The molecule has 0 fully saturated rings. The summed E-state index contributed by atoms with van der Waals surface area (Å²) in [6, 6.07) is 32.1. The minimum atomic E-state index is -3.82. The number of anilines is 1. The van der Waals surface area contributed by atoms with E-state index in [1.165, 1.54) is 5.56 Å². The highest BCUT2D eigenvalue weighted by Gasteiger charge is 2.23. The molecule has 0 spiro atoms. The van der Waals surface area contributed by atoms with Crippen molar-refractivity contribution in [3.05, 3.63) is 132 Å². The Morgan fingerprint density at radius 1 is 0.857 bits per heavy atom. The van der Waals surface area contributed by atoms with E-state index < -0.39 is 10.0 Å². The summed E-state index contributed by atoms with van der Waals surface area (Å²) in [7, 11) is -3.82. The van der Waals surface area contributed by atoms with Crippen molar-refractivity contribution in [2.24, 2.45) is 0 Å². The molecule has 4 aromatic carbocycles. The SMILES string of the molecule is C=C(CCCc1ccccc1)C(=O)c1[nH]c2ccc(NS(=O)(=O)c3ccc(C(C)(C)C)cc3)cc2c1-c1ccccc1. The standard InChI is InChI=1S/C36H36N2O3S/c1-25(12-11-15-26-13-7-5-8-14-26)35(39)34-33(27-16-9-6-10-17-27)31-24-29(20-23-32(31)37-34)38-42(40,41)30-21-18-28(19-22-30)36(2,3)4/h5-10,13-14,16-24,37-38H,1,11-12,15H2,2-4H3. The van der Waals surface area contributed by atoms with Gasteiger partial charge in [0.15, 0.2) is 0 Å². The number of aromatic nitrogens is 1. The normalized spacial score (nSPS) is 11.9. The van der Waals surface area contributed by atoms with E-state index >= 15 is 0 Å². The first kappa shape index (κ1) is 29.1. The molecular formula is C36H36N2O3S. The largest absolute Gasteiger partial charge is 0.351 e. The molecule has 0 bridgehead atoms. The molecule has 0 saturated heterocycles. The number of aryl methyl sites for hydroxylation is 1. The first-order chi connectivity index (χ1) is 20.0. The van der Waals surface area contributed by atoms with E-state index in [4.69, 9.17) is 0 Å². The van der Waals surface area contributed by atoms with E-state index in [-0.39, 0.29) is 16.1 Å². The molecule has 0 aliphatic carbocycles. The summed E-state index contributed by atoms with van der Waals surface area (Å²) in [5.74, 6) is -0.140. The van der Waals surface area contributed by atoms with Crippen LogP contribution in [0.15, 0.2) is 120 Å². The maximum absolute atomic E-state index is 13.7. The number of allylic oxidation sites excluding steroid dienone is 1. The van der Waals surface area contributed by atoms with Gasteiger partial charge in [0.2, 0.25) is 5.78 Å². The van der Waals surface area contributed by atoms with Gasteiger partial charge in [0.1, 0.15) is 0 Å². The summed E-state index contributed by atoms with van der Waals surface area (Å²) >= 11 is 0. The number of Topliss-reactive ketones (excluding diaryl/α,β-unsaturated/α-hetero) is 1. The summed E-state index contributed by atoms with van der Waals surface area (Å²) in [5.41, 5.74) is 5.96. The number of ketones is 1. The molecule has 0 amide bonds. The maximum Gasteiger partial charge on any atom is 0.261 e. The van der Waals surface area contributed by atoms with Crippen LogP contribution in [-0.2, 0) is 21.9 Å². The molecule has 42 heavy (non-hydrogen) atoms. The molecule has 5 aromatic rings. The molecule has 0 aliphatic rings. The number of hydrogen-bond acceptors (Lipinski definition) is 3. The van der Waals surface area contributed by atoms with Crippen LogP contribution in [0.3, 0.4) is 0 Å². The highest BCUT2D eigenvalue weighted by molar-refractivity contribution is 7.92. The fraction of sp³-hybridized carbons (Fsp3) is 0.194. The Morgan fingerprint density at radius 2 is 1.50 bits per heavy atom. The Balaban J connectivity index is 1.44. The van der Waals surface area contributed by atoms with Crippen molar-refractivity contribution in [2.75, 3.05) is 4.72 Å². The number of benzene rings is 4. The molecule has 1 heterocycles. The van der Waals surface area contributed by atoms with Gasteiger partial charge in [0, 0.05) is 22.2 Å². The van der Waals surface area contributed by atoms with Crippen LogP contribution in [0.2, 0.25) is 0 Å². The smallest absolute Gasteiger partial charge is 0.261 e. The van der Waals surface area contributed by atoms with Crippen LogP contribution in [0, 0.1) is 0 Å². The van der Waals surface area contributed by atoms with Crippen molar-refractivity contribution in [2.45, 2.75) is 50.3 Å². The van der Waals surface area contributed by atoms with Crippen molar-refractivity contribution >= 4 is 32.4 Å². The van der Waals surface area contributed by atoms with E-state index in [1.807, 2.05) is 60.7 Å². The average Bonchev–Trinajstić information content (AvgIpc) is 3.36. The number of aromatic amines is 1. The van der Waals surface area contributed by atoms with E-state index in [0.29, 0.717) is 23.4 Å². The number of carbonyl (C=O) groups is 1. The van der Waals surface area contributed by atoms with Gasteiger partial charge >= 0.3 is 0 Å². The van der Waals surface area contributed by atoms with E-state index in [1.54, 1.807) is 30.3 Å². The molecular weight excluding hydrogens is 540 g/mol. The first-order valence-electron chi connectivity index (χ1n) is 14.1. The number of sulfonamides is 1. The van der Waals surface area contributed by atoms with E-state index in [0.717, 1.165) is 40.4 Å². The van der Waals surface area contributed by atoms with Gasteiger partial charge < -0.3 is 4.98 Å². The highest BCUT2D eigenvalue weighted by Crippen LogP contribution is 2.36. The molecule has 0 radical (unpaired) electrons. The minimum absolute atomic E-state index is 0.0782. The molecule has 214 valence electrons. The molecule has 5 rings (SSSR count). The zero-order valence-electron chi connectivity index (χ0n) is 24.3. The molecule has 0 atom stereocenters. The number of H-pyrrole nitrogens is 1. The fourth-order valence-electron chi connectivity index (χ4n) is 5.12. The number of rotatable bonds is 10. The van der Waals surface area contributed by atoms with Gasteiger partial charge in [-0.25, -0.2) is 8.42 Å². The molecule has 5 nitrogen and oxygen atoms in total. The van der Waals surface area contributed by atoms with Crippen LogP contribution < -0.4 is 4.72 Å². The zero-order valence-corrected chi connectivity index (χ0v) is 25.1. The Labute approximate surface area is 248 Å². The van der Waals surface area contributed by atoms with Gasteiger partial charge in [-0.1, -0.05) is 100 Å². The molecule has 0 unspecified atom stereocenters. The fourth-order valence-corrected chi connectivity index (χ4v) is 6.17. The Hall–Kier alpha value is -4.42. The second kappa shape index (κ2) is 11.8. The van der Waals surface area contributed by atoms with Crippen molar-refractivity contribution in [1.82, 2.24) is 4.98 Å². The van der Waals surface area contributed by atoms with E-state index in [2.05, 4.69) is 49.2 Å². The van der Waals surface area contributed by atoms with Gasteiger partial charge in [-0.2, -0.15) is 0 Å². The van der Waals surface area contributed by atoms with Gasteiger partial charge in [-0.05, 0) is 77.3 Å². The predicted molar refractivity (Wildman–Crippen MR) is 173 cm³/mol. The number of carbonyl (C=O) groups excluding carboxylic acids is 1. The molecule has 0 saturated carbocycles. The van der Waals surface area contributed by atoms with Gasteiger partial charge in [-0.15, -0.1) is 0 Å². The van der Waals surface area contributed by atoms with Gasteiger partial charge in [0.05, 0.1) is 10.6 Å². The number of fused-ring (bicyclic) bond motifs is 1. The first-order valence-corrected chi connectivity index (χ1v) is 15.6. The van der Waals surface area contributed by atoms with Crippen molar-refractivity contribution in [3.8, 4) is 11.1 Å². The summed E-state index contributed by atoms with van der Waals surface area (Å²) < 4.78 is 29.3. The second-order valence-electron chi connectivity index (χ2n) is 11.7. The lowest BCUT2D eigenvalue weighted by Crippen LogP contribution is -2.14. The Bertz CT molecular complexity index is 1830. The van der Waals surface area contributed by atoms with Crippen LogP contribution in [-0.4, -0.2) is 19.2 Å². The summed E-state index contributed by atoms with van der Waals surface area (Å²) in [5, 5.41) is 0.755. The monoisotopic (exact) mass is 576 g/mol. The minimum Gasteiger partial charge on any atom is -0.351 e. The lowest BCUT2D eigenvalue weighted by molar-refractivity contribution is 0.102. The van der Waals surface area contributed by atoms with Crippen molar-refractivity contribution in [3.63, 3.8) is 0 Å². The third-order valence-electron chi connectivity index (χ3n) is 7.48. The van der Waals surface area contributed by atoms with Crippen LogP contribution in [0.5, 0.6) is 0 Å². The molecule has 0 aliphatic heterocycles. The summed E-state index contributed by atoms with van der Waals surface area (Å²) in [4.78, 5) is 17.2. The van der Waals surface area contributed by atoms with Crippen LogP contribution in [0.4, 0.5) is 5.69 Å². The maximum atomic E-state index is 13.7. The summed E-state index contributed by atoms with van der Waals surface area (Å²) in [6.07, 6.45) is 2.27. The topological polar surface area (TPSA) is 79.0 Å². The third-order valence-corrected chi connectivity index (χ3v) is 8.88. The number of hydrogen-bond donors (Lipinski definition) is 2. The van der Waals surface area contributed by atoms with Crippen molar-refractivity contribution in [1.29, 1.82) is 0 Å². The third kappa shape index (κ3) is 6.39. The predicted octanol–water partition coefficient (Wildman–Crippen LogP) is 8.70. The lowest BCUT2D eigenvalue weighted by Gasteiger charge is -2.19. The lowest BCUT2D eigenvalue weighted by atomic mass is 9.87. The average molecular weight is 577 g/mol. The Kier molecular flexibility index (Phi) is 8.19. The molecule has 6 heteroatoms. The van der Waals surface area contributed by atoms with Crippen LogP contribution >= 0.6 is 0 Å².